The molecule has 3 N–H and O–H groups in total. The van der Waals surface area contributed by atoms with Gasteiger partial charge in [-0.25, -0.2) is 0 Å². The van der Waals surface area contributed by atoms with Crippen LogP contribution >= 0.6 is 11.8 Å². The number of fused-ring (bicyclic) bond motifs is 1. The summed E-state index contributed by atoms with van der Waals surface area (Å²) < 4.78 is 5.41. The third kappa shape index (κ3) is 6.62. The fourth-order valence-electron chi connectivity index (χ4n) is 5.67. The first-order valence-corrected chi connectivity index (χ1v) is 13.9. The van der Waals surface area contributed by atoms with Crippen LogP contribution in [0.25, 0.3) is 10.9 Å². The van der Waals surface area contributed by atoms with Gasteiger partial charge in [0.25, 0.3) is 0 Å². The van der Waals surface area contributed by atoms with E-state index < -0.39 is 0 Å². The van der Waals surface area contributed by atoms with Crippen LogP contribution in [-0.2, 0) is 0 Å². The Morgan fingerprint density at radius 3 is 2.82 bits per heavy atom. The first-order chi connectivity index (χ1) is 16.2. The minimum Gasteiger partial charge on any atom is -0.497 e. The van der Waals surface area contributed by atoms with Gasteiger partial charge >= 0.3 is 0 Å². The molecule has 1 saturated heterocycles. The molecule has 2 fully saturated rings. The summed E-state index contributed by atoms with van der Waals surface area (Å²) in [6.45, 7) is 3.62. The van der Waals surface area contributed by atoms with E-state index in [1.165, 1.54) is 37.9 Å². The maximum Gasteiger partial charge on any atom is 0.119 e. The van der Waals surface area contributed by atoms with Gasteiger partial charge in [0.1, 0.15) is 5.75 Å². The average molecular weight is 472 g/mol. The van der Waals surface area contributed by atoms with Gasteiger partial charge in [0.2, 0.25) is 0 Å². The number of likely N-dealkylation sites (tertiary alicyclic amines) is 1. The lowest BCUT2D eigenvalue weighted by Crippen LogP contribution is -2.43. The minimum absolute atomic E-state index is 0.0353. The summed E-state index contributed by atoms with van der Waals surface area (Å²) in [6.07, 6.45) is 12.1. The smallest absolute Gasteiger partial charge is 0.119 e. The number of methoxy groups -OCH3 is 1. The number of piperidine rings is 1. The molecule has 33 heavy (non-hydrogen) atoms. The van der Waals surface area contributed by atoms with Gasteiger partial charge in [-0.2, -0.15) is 11.8 Å². The zero-order chi connectivity index (χ0) is 23.0. The van der Waals surface area contributed by atoms with Crippen molar-refractivity contribution in [3.63, 3.8) is 0 Å². The molecule has 0 amide bonds. The van der Waals surface area contributed by atoms with E-state index in [1.807, 2.05) is 30.5 Å². The fraction of sp³-hybridized carbons (Fsp3) is 0.667. The van der Waals surface area contributed by atoms with Crippen LogP contribution in [0.15, 0.2) is 30.5 Å². The highest BCUT2D eigenvalue weighted by Gasteiger charge is 2.29. The molecule has 1 aliphatic heterocycles. The number of aliphatic hydroxyl groups is 1. The number of ether oxygens (including phenoxy) is 1. The number of benzene rings is 1. The normalized spacial score (nSPS) is 23.6. The van der Waals surface area contributed by atoms with Crippen LogP contribution < -0.4 is 10.5 Å². The molecule has 0 radical (unpaired) electrons. The zero-order valence-corrected chi connectivity index (χ0v) is 20.9. The number of aromatic nitrogens is 1. The first kappa shape index (κ1) is 24.8. The molecular formula is C27H41N3O2S. The molecule has 3 atom stereocenters. The maximum absolute atomic E-state index is 10.1. The van der Waals surface area contributed by atoms with E-state index in [2.05, 4.69) is 21.6 Å². The first-order valence-electron chi connectivity index (χ1n) is 12.8. The van der Waals surface area contributed by atoms with Gasteiger partial charge in [-0.3, -0.25) is 4.98 Å². The van der Waals surface area contributed by atoms with E-state index in [4.69, 9.17) is 10.5 Å². The lowest BCUT2D eigenvalue weighted by molar-refractivity contribution is 0.0701. The summed E-state index contributed by atoms with van der Waals surface area (Å²) in [7, 11) is 1.69. The third-order valence-corrected chi connectivity index (χ3v) is 9.11. The second-order valence-electron chi connectivity index (χ2n) is 9.89. The van der Waals surface area contributed by atoms with E-state index >= 15 is 0 Å². The second kappa shape index (κ2) is 12.4. The Balaban J connectivity index is 1.27. The molecular weight excluding hydrogens is 430 g/mol. The van der Waals surface area contributed by atoms with Gasteiger partial charge in [-0.05, 0) is 80.3 Å². The summed E-state index contributed by atoms with van der Waals surface area (Å²) in [6, 6.07) is 7.99. The number of hydrogen-bond acceptors (Lipinski definition) is 6. The molecule has 0 spiro atoms. The summed E-state index contributed by atoms with van der Waals surface area (Å²) in [5.74, 6) is 2.97. The topological polar surface area (TPSA) is 71.6 Å². The summed E-state index contributed by atoms with van der Waals surface area (Å²) in [5, 5.41) is 12.1. The Labute approximate surface area is 203 Å². The number of rotatable bonds is 10. The largest absolute Gasteiger partial charge is 0.497 e. The molecule has 1 unspecified atom stereocenters. The molecule has 2 aromatic rings. The molecule has 6 heteroatoms. The predicted molar refractivity (Wildman–Crippen MR) is 139 cm³/mol. The van der Waals surface area contributed by atoms with Crippen molar-refractivity contribution in [2.24, 2.45) is 17.6 Å². The van der Waals surface area contributed by atoms with Crippen molar-refractivity contribution in [1.29, 1.82) is 0 Å². The molecule has 2 aliphatic rings. The SMILES string of the molecule is COc1ccc2nccc(C(N)CC[C@@H]3CCN(CCSC4CCCCC4)C[C@@H]3CO)c2c1. The number of nitrogens with zero attached hydrogens (tertiary/aromatic N) is 2. The van der Waals surface area contributed by atoms with Crippen LogP contribution in [0.3, 0.4) is 0 Å². The van der Waals surface area contributed by atoms with Gasteiger partial charge in [0.15, 0.2) is 0 Å². The lowest BCUT2D eigenvalue weighted by atomic mass is 9.81. The molecule has 182 valence electrons. The lowest BCUT2D eigenvalue weighted by Gasteiger charge is -2.38. The number of thioether (sulfide) groups is 1. The minimum atomic E-state index is -0.0353. The van der Waals surface area contributed by atoms with Gasteiger partial charge < -0.3 is 20.5 Å². The van der Waals surface area contributed by atoms with Crippen molar-refractivity contribution in [2.45, 2.75) is 62.7 Å². The van der Waals surface area contributed by atoms with Crippen LogP contribution in [0.1, 0.15) is 63.0 Å². The summed E-state index contributed by atoms with van der Waals surface area (Å²) >= 11 is 2.18. The summed E-state index contributed by atoms with van der Waals surface area (Å²) in [5.41, 5.74) is 8.77. The number of nitrogens with two attached hydrogens (primary N) is 1. The highest BCUT2D eigenvalue weighted by molar-refractivity contribution is 7.99. The van der Waals surface area contributed by atoms with Crippen molar-refractivity contribution < 1.29 is 9.84 Å². The van der Waals surface area contributed by atoms with Crippen molar-refractivity contribution in [1.82, 2.24) is 9.88 Å². The highest BCUT2D eigenvalue weighted by Crippen LogP contribution is 2.33. The number of hydrogen-bond donors (Lipinski definition) is 2. The number of aliphatic hydroxyl groups excluding tert-OH is 1. The highest BCUT2D eigenvalue weighted by atomic mass is 32.2. The van der Waals surface area contributed by atoms with Gasteiger partial charge in [-0.1, -0.05) is 19.3 Å². The fourth-order valence-corrected chi connectivity index (χ4v) is 7.04. The van der Waals surface area contributed by atoms with Crippen molar-refractivity contribution >= 4 is 22.7 Å². The van der Waals surface area contributed by atoms with Crippen LogP contribution in [0.2, 0.25) is 0 Å². The molecule has 1 aromatic carbocycles. The molecule has 2 heterocycles. The molecule has 0 bridgehead atoms. The molecule has 4 rings (SSSR count). The standard InChI is InChI=1S/C27H41N3O2S/c1-32-22-8-10-27-25(17-22)24(11-13-29-27)26(28)9-7-20-12-14-30(18-21(20)19-31)15-16-33-23-5-3-2-4-6-23/h8,10-11,13,17,20-21,23,26,31H,2-7,9,12,14-16,18-19,28H2,1H3/t20-,21-,26?/m1/s1. The van der Waals surface area contributed by atoms with E-state index in [9.17, 15) is 5.11 Å². The Bertz CT molecular complexity index is 874. The van der Waals surface area contributed by atoms with Gasteiger partial charge in [0.05, 0.1) is 12.6 Å². The predicted octanol–water partition coefficient (Wildman–Crippen LogP) is 5.02. The van der Waals surface area contributed by atoms with Crippen LogP contribution in [0.5, 0.6) is 5.75 Å². The van der Waals surface area contributed by atoms with Crippen molar-refractivity contribution in [2.75, 3.05) is 39.1 Å². The molecule has 1 saturated carbocycles. The third-order valence-electron chi connectivity index (χ3n) is 7.75. The van der Waals surface area contributed by atoms with E-state index in [0.717, 1.165) is 66.4 Å². The van der Waals surface area contributed by atoms with Crippen molar-refractivity contribution in [3.05, 3.63) is 36.0 Å². The van der Waals surface area contributed by atoms with Gasteiger partial charge in [-0.15, -0.1) is 0 Å². The van der Waals surface area contributed by atoms with E-state index in [1.54, 1.807) is 7.11 Å². The zero-order valence-electron chi connectivity index (χ0n) is 20.1. The monoisotopic (exact) mass is 471 g/mol. The maximum atomic E-state index is 10.1. The summed E-state index contributed by atoms with van der Waals surface area (Å²) in [4.78, 5) is 7.07. The van der Waals surface area contributed by atoms with Crippen molar-refractivity contribution in [3.8, 4) is 5.75 Å². The molecule has 1 aliphatic carbocycles. The quantitative estimate of drug-likeness (QED) is 0.507. The van der Waals surface area contributed by atoms with Gasteiger partial charge in [0, 0.05) is 48.3 Å². The van der Waals surface area contributed by atoms with E-state index in [-0.39, 0.29) is 12.6 Å². The average Bonchev–Trinajstić information content (AvgIpc) is 2.87. The Hall–Kier alpha value is -1.34. The second-order valence-corrected chi connectivity index (χ2v) is 11.3. The Kier molecular flexibility index (Phi) is 9.30. The Morgan fingerprint density at radius 1 is 1.18 bits per heavy atom. The van der Waals surface area contributed by atoms with Crippen LogP contribution in [0, 0.1) is 11.8 Å². The molecule has 5 nitrogen and oxygen atoms in total. The van der Waals surface area contributed by atoms with Crippen LogP contribution in [0.4, 0.5) is 0 Å². The van der Waals surface area contributed by atoms with E-state index in [0.29, 0.717) is 11.8 Å². The van der Waals surface area contributed by atoms with Crippen LogP contribution in [-0.4, -0.2) is 59.3 Å². The Morgan fingerprint density at radius 2 is 2.03 bits per heavy atom. The number of pyridine rings is 1. The molecule has 1 aromatic heterocycles.